The third kappa shape index (κ3) is 8.13. The molecule has 1 aromatic carbocycles. The van der Waals surface area contributed by atoms with Crippen molar-refractivity contribution in [2.24, 2.45) is 0 Å². The van der Waals surface area contributed by atoms with Crippen LogP contribution in [-0.2, 0) is 9.59 Å². The first-order valence-corrected chi connectivity index (χ1v) is 8.15. The lowest BCUT2D eigenvalue weighted by Gasteiger charge is -2.20. The predicted molar refractivity (Wildman–Crippen MR) is 92.1 cm³/mol. The minimum Gasteiger partial charge on any atom is -0.433 e. The lowest BCUT2D eigenvalue weighted by atomic mass is 10.3. The Labute approximate surface area is 150 Å². The number of benzene rings is 1. The molecule has 1 aromatic rings. The summed E-state index contributed by atoms with van der Waals surface area (Å²) in [5, 5.41) is 5.32. The lowest BCUT2D eigenvalue weighted by molar-refractivity contribution is -0.123. The molecule has 0 heterocycles. The summed E-state index contributed by atoms with van der Waals surface area (Å²) in [6.45, 7) is 3.19. The number of nitrogens with zero attached hydrogens (tertiary/aromatic N) is 1. The Balaban J connectivity index is 2.60. The van der Waals surface area contributed by atoms with Crippen LogP contribution in [0.5, 0.6) is 5.75 Å². The van der Waals surface area contributed by atoms with Crippen LogP contribution in [0.2, 0.25) is 5.02 Å². The number of alkyl halides is 2. The second kappa shape index (κ2) is 10.1. The summed E-state index contributed by atoms with van der Waals surface area (Å²) in [6.07, 6.45) is 0. The summed E-state index contributed by atoms with van der Waals surface area (Å²) >= 11 is 5.83. The van der Waals surface area contributed by atoms with Crippen LogP contribution in [0.4, 0.5) is 14.5 Å². The summed E-state index contributed by atoms with van der Waals surface area (Å²) in [4.78, 5) is 25.5. The number of likely N-dealkylation sites (N-methyl/N-ethyl adjacent to an activating group) is 1. The SMILES string of the molecule is CCN(CC(=O)Nc1ccc(OC(F)F)c(Cl)c1)CC(=O)NC(C)C. The van der Waals surface area contributed by atoms with Gasteiger partial charge in [0.25, 0.3) is 0 Å². The third-order valence-corrected chi connectivity index (χ3v) is 3.36. The molecule has 0 aliphatic carbocycles. The predicted octanol–water partition coefficient (Wildman–Crippen LogP) is 2.73. The van der Waals surface area contributed by atoms with Gasteiger partial charge < -0.3 is 15.4 Å². The van der Waals surface area contributed by atoms with Crippen LogP contribution in [0, 0.1) is 0 Å². The number of hydrogen-bond donors (Lipinski definition) is 2. The molecule has 0 atom stereocenters. The molecule has 2 amide bonds. The Kier molecular flexibility index (Phi) is 8.57. The summed E-state index contributed by atoms with van der Waals surface area (Å²) in [6, 6.07) is 4.00. The van der Waals surface area contributed by atoms with Gasteiger partial charge in [-0.05, 0) is 38.6 Å². The normalized spacial score (nSPS) is 11.1. The van der Waals surface area contributed by atoms with E-state index >= 15 is 0 Å². The molecule has 0 bridgehead atoms. The number of hydrogen-bond acceptors (Lipinski definition) is 4. The van der Waals surface area contributed by atoms with Crippen LogP contribution in [0.3, 0.4) is 0 Å². The van der Waals surface area contributed by atoms with Crippen molar-refractivity contribution < 1.29 is 23.1 Å². The lowest BCUT2D eigenvalue weighted by Crippen LogP contribution is -2.42. The quantitative estimate of drug-likeness (QED) is 0.694. The van der Waals surface area contributed by atoms with Crippen molar-refractivity contribution in [1.82, 2.24) is 10.2 Å². The topological polar surface area (TPSA) is 70.7 Å². The fraction of sp³-hybridized carbons (Fsp3) is 0.500. The molecule has 0 aromatic heterocycles. The van der Waals surface area contributed by atoms with E-state index in [4.69, 9.17) is 11.6 Å². The second-order valence-electron chi connectivity index (χ2n) is 5.60. The Morgan fingerprint density at radius 1 is 1.24 bits per heavy atom. The highest BCUT2D eigenvalue weighted by Crippen LogP contribution is 2.28. The van der Waals surface area contributed by atoms with E-state index in [0.29, 0.717) is 12.2 Å². The summed E-state index contributed by atoms with van der Waals surface area (Å²) in [7, 11) is 0. The number of carbonyl (C=O) groups excluding carboxylic acids is 2. The zero-order valence-corrected chi connectivity index (χ0v) is 15.1. The summed E-state index contributed by atoms with van der Waals surface area (Å²) in [5.74, 6) is -0.686. The number of amides is 2. The van der Waals surface area contributed by atoms with E-state index in [0.717, 1.165) is 0 Å². The highest BCUT2D eigenvalue weighted by molar-refractivity contribution is 6.32. The first-order valence-electron chi connectivity index (χ1n) is 7.77. The van der Waals surface area contributed by atoms with Gasteiger partial charge in [0.2, 0.25) is 11.8 Å². The van der Waals surface area contributed by atoms with Gasteiger partial charge in [-0.25, -0.2) is 0 Å². The monoisotopic (exact) mass is 377 g/mol. The Bertz CT molecular complexity index is 600. The zero-order chi connectivity index (χ0) is 19.0. The molecule has 9 heteroatoms. The molecule has 0 aliphatic heterocycles. The van der Waals surface area contributed by atoms with Gasteiger partial charge in [-0.3, -0.25) is 14.5 Å². The molecule has 0 spiro atoms. The van der Waals surface area contributed by atoms with Gasteiger partial charge in [-0.2, -0.15) is 8.78 Å². The van der Waals surface area contributed by atoms with Crippen molar-refractivity contribution in [3.63, 3.8) is 0 Å². The zero-order valence-electron chi connectivity index (χ0n) is 14.3. The highest BCUT2D eigenvalue weighted by Gasteiger charge is 2.15. The van der Waals surface area contributed by atoms with Crippen molar-refractivity contribution in [3.8, 4) is 5.75 Å². The fourth-order valence-corrected chi connectivity index (χ4v) is 2.25. The molecule has 6 nitrogen and oxygen atoms in total. The molecular formula is C16H22ClF2N3O3. The standard InChI is InChI=1S/C16H22ClF2N3O3/c1-4-22(8-14(23)20-10(2)3)9-15(24)21-11-5-6-13(12(17)7-11)25-16(18)19/h5-7,10,16H,4,8-9H2,1-3H3,(H,20,23)(H,21,24). The molecule has 0 unspecified atom stereocenters. The molecule has 0 aliphatic rings. The largest absolute Gasteiger partial charge is 0.433 e. The maximum atomic E-state index is 12.2. The van der Waals surface area contributed by atoms with Crippen molar-refractivity contribution in [2.75, 3.05) is 25.0 Å². The number of rotatable bonds is 9. The van der Waals surface area contributed by atoms with Crippen LogP contribution in [-0.4, -0.2) is 49.0 Å². The van der Waals surface area contributed by atoms with E-state index in [9.17, 15) is 18.4 Å². The molecule has 0 saturated carbocycles. The number of nitrogens with one attached hydrogen (secondary N) is 2. The first-order chi connectivity index (χ1) is 11.7. The number of carbonyl (C=O) groups is 2. The first kappa shape index (κ1) is 21.1. The van der Waals surface area contributed by atoms with Crippen molar-refractivity contribution in [2.45, 2.75) is 33.4 Å². The molecule has 0 radical (unpaired) electrons. The number of halogens is 3. The summed E-state index contributed by atoms with van der Waals surface area (Å²) in [5.41, 5.74) is 0.347. The summed E-state index contributed by atoms with van der Waals surface area (Å²) < 4.78 is 28.6. The van der Waals surface area contributed by atoms with E-state index in [1.165, 1.54) is 18.2 Å². The van der Waals surface area contributed by atoms with Crippen LogP contribution >= 0.6 is 11.6 Å². The Morgan fingerprint density at radius 3 is 2.40 bits per heavy atom. The highest BCUT2D eigenvalue weighted by atomic mass is 35.5. The van der Waals surface area contributed by atoms with Gasteiger partial charge in [0.05, 0.1) is 18.1 Å². The van der Waals surface area contributed by atoms with Gasteiger partial charge >= 0.3 is 6.61 Å². The average molecular weight is 378 g/mol. The van der Waals surface area contributed by atoms with Gasteiger partial charge in [0.1, 0.15) is 5.75 Å². The van der Waals surface area contributed by atoms with E-state index in [1.54, 1.807) is 4.90 Å². The van der Waals surface area contributed by atoms with Crippen LogP contribution in [0.15, 0.2) is 18.2 Å². The molecule has 1 rings (SSSR count). The van der Waals surface area contributed by atoms with Gasteiger partial charge in [-0.15, -0.1) is 0 Å². The van der Waals surface area contributed by atoms with Crippen LogP contribution in [0.1, 0.15) is 20.8 Å². The minimum absolute atomic E-state index is 0.00885. The van der Waals surface area contributed by atoms with Gasteiger partial charge in [-0.1, -0.05) is 18.5 Å². The Hall–Kier alpha value is -1.93. The molecule has 25 heavy (non-hydrogen) atoms. The minimum atomic E-state index is -2.98. The van der Waals surface area contributed by atoms with Crippen molar-refractivity contribution in [1.29, 1.82) is 0 Å². The average Bonchev–Trinajstić information content (AvgIpc) is 2.48. The number of ether oxygens (including phenoxy) is 1. The van der Waals surface area contributed by atoms with Gasteiger partial charge in [0.15, 0.2) is 0 Å². The van der Waals surface area contributed by atoms with Crippen LogP contribution < -0.4 is 15.4 Å². The number of anilines is 1. The molecule has 140 valence electrons. The van der Waals surface area contributed by atoms with Crippen molar-refractivity contribution >= 4 is 29.1 Å². The van der Waals surface area contributed by atoms with Crippen molar-refractivity contribution in [3.05, 3.63) is 23.2 Å². The van der Waals surface area contributed by atoms with E-state index in [2.05, 4.69) is 15.4 Å². The molecular weight excluding hydrogens is 356 g/mol. The maximum absolute atomic E-state index is 12.2. The van der Waals surface area contributed by atoms with E-state index in [1.807, 2.05) is 20.8 Å². The fourth-order valence-electron chi connectivity index (χ4n) is 2.02. The van der Waals surface area contributed by atoms with Gasteiger partial charge in [0, 0.05) is 11.7 Å². The van der Waals surface area contributed by atoms with E-state index in [-0.39, 0.29) is 41.7 Å². The molecule has 0 saturated heterocycles. The maximum Gasteiger partial charge on any atom is 0.387 e. The smallest absolute Gasteiger partial charge is 0.387 e. The van der Waals surface area contributed by atoms with Crippen LogP contribution in [0.25, 0.3) is 0 Å². The molecule has 0 fully saturated rings. The van der Waals surface area contributed by atoms with E-state index < -0.39 is 6.61 Å². The third-order valence-electron chi connectivity index (χ3n) is 3.06. The second-order valence-corrected chi connectivity index (χ2v) is 6.00. The Morgan fingerprint density at radius 2 is 1.88 bits per heavy atom. The molecule has 2 N–H and O–H groups in total.